The second-order valence-electron chi connectivity index (χ2n) is 4.09. The van der Waals surface area contributed by atoms with Crippen LogP contribution >= 0.6 is 0 Å². The molecule has 110 valence electrons. The predicted molar refractivity (Wildman–Crippen MR) is 65.0 cm³/mol. The predicted octanol–water partition coefficient (Wildman–Crippen LogP) is 1.52. The minimum absolute atomic E-state index is 0.0749. The summed E-state index contributed by atoms with van der Waals surface area (Å²) in [6.45, 7) is 1.55. The second-order valence-corrected chi connectivity index (χ2v) is 4.09. The summed E-state index contributed by atoms with van der Waals surface area (Å²) >= 11 is 0. The van der Waals surface area contributed by atoms with E-state index in [1.54, 1.807) is 6.92 Å². The van der Waals surface area contributed by atoms with Gasteiger partial charge in [-0.3, -0.25) is 4.79 Å². The van der Waals surface area contributed by atoms with Crippen molar-refractivity contribution in [3.63, 3.8) is 0 Å². The van der Waals surface area contributed by atoms with Crippen LogP contribution in [0.25, 0.3) is 0 Å². The van der Waals surface area contributed by atoms with Crippen LogP contribution in [0.5, 0.6) is 0 Å². The van der Waals surface area contributed by atoms with Crippen molar-refractivity contribution in [2.24, 2.45) is 0 Å². The molecule has 0 radical (unpaired) electrons. The molecule has 0 atom stereocenters. The van der Waals surface area contributed by atoms with Crippen molar-refractivity contribution in [3.8, 4) is 0 Å². The Balaban J connectivity index is 2.00. The molecular weight excluding hydrogens is 287 g/mol. The Kier molecular flexibility index (Phi) is 4.10. The molecule has 0 aromatic carbocycles. The van der Waals surface area contributed by atoms with Crippen molar-refractivity contribution in [1.29, 1.82) is 0 Å². The fourth-order valence-corrected chi connectivity index (χ4v) is 1.46. The monoisotopic (exact) mass is 297 g/mol. The molecule has 2 aromatic rings. The number of carbonyl (C=O) groups excluding carboxylic acids is 1. The molecule has 21 heavy (non-hydrogen) atoms. The first-order valence-electron chi connectivity index (χ1n) is 5.81. The van der Waals surface area contributed by atoms with Gasteiger partial charge in [0.25, 0.3) is 5.91 Å². The molecule has 0 fully saturated rings. The summed E-state index contributed by atoms with van der Waals surface area (Å²) in [5.41, 5.74) is -0.162. The van der Waals surface area contributed by atoms with E-state index in [1.807, 2.05) is 0 Å². The first-order chi connectivity index (χ1) is 9.88. The lowest BCUT2D eigenvalue weighted by Gasteiger charge is -2.07. The number of nitrogens with one attached hydrogen (secondary N) is 1. The highest BCUT2D eigenvalue weighted by Gasteiger charge is 2.31. The van der Waals surface area contributed by atoms with Crippen LogP contribution in [0.2, 0.25) is 0 Å². The van der Waals surface area contributed by atoms with Crippen molar-refractivity contribution in [1.82, 2.24) is 25.3 Å². The second kappa shape index (κ2) is 5.81. The van der Waals surface area contributed by atoms with Gasteiger partial charge in [-0.05, 0) is 6.92 Å². The lowest BCUT2D eigenvalue weighted by Crippen LogP contribution is -2.25. The summed E-state index contributed by atoms with van der Waals surface area (Å²) in [6.07, 6.45) is -0.479. The fraction of sp³-hybridized carbons (Fsp3) is 0.250. The summed E-state index contributed by atoms with van der Waals surface area (Å²) < 4.78 is 37.0. The molecule has 0 saturated heterocycles. The summed E-state index contributed by atoms with van der Waals surface area (Å²) in [6, 6.07) is 0. The highest BCUT2D eigenvalue weighted by Crippen LogP contribution is 2.27. The molecule has 0 aliphatic carbocycles. The Morgan fingerprint density at radius 1 is 1.19 bits per heavy atom. The molecule has 1 N–H and O–H groups in total. The van der Waals surface area contributed by atoms with Gasteiger partial charge in [-0.1, -0.05) is 0 Å². The van der Waals surface area contributed by atoms with E-state index >= 15 is 0 Å². The topological polar surface area (TPSA) is 80.7 Å². The third kappa shape index (κ3) is 3.71. The SMILES string of the molecule is Cc1ncncc1C(=O)NCc1ncc(C(F)(F)F)cn1. The molecule has 2 heterocycles. The zero-order chi connectivity index (χ0) is 15.5. The summed E-state index contributed by atoms with van der Waals surface area (Å²) in [7, 11) is 0. The number of aryl methyl sites for hydroxylation is 1. The van der Waals surface area contributed by atoms with Gasteiger partial charge in [-0.15, -0.1) is 0 Å². The van der Waals surface area contributed by atoms with E-state index in [2.05, 4.69) is 25.3 Å². The van der Waals surface area contributed by atoms with Crippen LogP contribution in [-0.2, 0) is 12.7 Å². The minimum atomic E-state index is -4.49. The zero-order valence-electron chi connectivity index (χ0n) is 10.8. The molecule has 0 saturated carbocycles. The molecule has 0 aliphatic heterocycles. The summed E-state index contributed by atoms with van der Waals surface area (Å²) in [5.74, 6) is -0.373. The fourth-order valence-electron chi connectivity index (χ4n) is 1.46. The average Bonchev–Trinajstić information content (AvgIpc) is 2.45. The van der Waals surface area contributed by atoms with Gasteiger partial charge < -0.3 is 5.32 Å². The molecule has 0 spiro atoms. The number of hydrogen-bond acceptors (Lipinski definition) is 5. The van der Waals surface area contributed by atoms with Gasteiger partial charge in [0.1, 0.15) is 12.2 Å². The average molecular weight is 297 g/mol. The number of nitrogens with zero attached hydrogens (tertiary/aromatic N) is 4. The van der Waals surface area contributed by atoms with Crippen molar-refractivity contribution in [2.75, 3.05) is 0 Å². The molecule has 0 bridgehead atoms. The van der Waals surface area contributed by atoms with Gasteiger partial charge >= 0.3 is 6.18 Å². The van der Waals surface area contributed by atoms with Crippen molar-refractivity contribution >= 4 is 5.91 Å². The smallest absolute Gasteiger partial charge is 0.345 e. The minimum Gasteiger partial charge on any atom is -0.345 e. The Hall–Kier alpha value is -2.58. The van der Waals surface area contributed by atoms with Crippen LogP contribution < -0.4 is 5.32 Å². The van der Waals surface area contributed by atoms with Gasteiger partial charge in [-0.25, -0.2) is 19.9 Å². The third-order valence-electron chi connectivity index (χ3n) is 2.60. The van der Waals surface area contributed by atoms with Crippen LogP contribution in [0, 0.1) is 6.92 Å². The Morgan fingerprint density at radius 3 is 2.43 bits per heavy atom. The molecule has 0 unspecified atom stereocenters. The number of alkyl halides is 3. The van der Waals surface area contributed by atoms with Crippen LogP contribution in [0.3, 0.4) is 0 Å². The highest BCUT2D eigenvalue weighted by atomic mass is 19.4. The number of aromatic nitrogens is 4. The van der Waals surface area contributed by atoms with E-state index in [9.17, 15) is 18.0 Å². The highest BCUT2D eigenvalue weighted by molar-refractivity contribution is 5.94. The maximum Gasteiger partial charge on any atom is 0.419 e. The van der Waals surface area contributed by atoms with E-state index in [0.717, 1.165) is 0 Å². The van der Waals surface area contributed by atoms with Crippen molar-refractivity contribution in [2.45, 2.75) is 19.6 Å². The van der Waals surface area contributed by atoms with Crippen LogP contribution in [0.1, 0.15) is 27.4 Å². The lowest BCUT2D eigenvalue weighted by molar-refractivity contribution is -0.138. The first kappa shape index (κ1) is 14.8. The van der Waals surface area contributed by atoms with Gasteiger partial charge in [-0.2, -0.15) is 13.2 Å². The standard InChI is InChI=1S/C12H10F3N5O/c1-7-9(4-16-6-20-7)11(21)19-5-10-17-2-8(3-18-10)12(13,14)15/h2-4,6H,5H2,1H3,(H,19,21). The molecule has 6 nitrogen and oxygen atoms in total. The Bertz CT molecular complexity index is 642. The lowest BCUT2D eigenvalue weighted by atomic mass is 10.2. The van der Waals surface area contributed by atoms with E-state index in [1.165, 1.54) is 12.5 Å². The van der Waals surface area contributed by atoms with E-state index in [-0.39, 0.29) is 17.9 Å². The normalized spacial score (nSPS) is 11.2. The number of hydrogen-bond donors (Lipinski definition) is 1. The van der Waals surface area contributed by atoms with E-state index in [4.69, 9.17) is 0 Å². The molecule has 2 rings (SSSR count). The molecular formula is C12H10F3N5O. The maximum absolute atomic E-state index is 12.3. The van der Waals surface area contributed by atoms with E-state index in [0.29, 0.717) is 18.1 Å². The van der Waals surface area contributed by atoms with Gasteiger partial charge in [0.05, 0.1) is 23.4 Å². The Morgan fingerprint density at radius 2 is 1.86 bits per heavy atom. The van der Waals surface area contributed by atoms with E-state index < -0.39 is 17.6 Å². The van der Waals surface area contributed by atoms with Gasteiger partial charge in [0.15, 0.2) is 0 Å². The largest absolute Gasteiger partial charge is 0.419 e. The number of halogens is 3. The Labute approximate surface area is 117 Å². The van der Waals surface area contributed by atoms with Crippen molar-refractivity contribution < 1.29 is 18.0 Å². The summed E-state index contributed by atoms with van der Waals surface area (Å²) in [5, 5.41) is 2.49. The number of carbonyl (C=O) groups is 1. The zero-order valence-corrected chi connectivity index (χ0v) is 10.8. The number of amides is 1. The molecule has 9 heteroatoms. The summed E-state index contributed by atoms with van der Waals surface area (Å²) in [4.78, 5) is 26.5. The molecule has 0 aliphatic rings. The quantitative estimate of drug-likeness (QED) is 0.929. The van der Waals surface area contributed by atoms with Crippen molar-refractivity contribution in [3.05, 3.63) is 47.6 Å². The molecule has 1 amide bonds. The molecule has 2 aromatic heterocycles. The van der Waals surface area contributed by atoms with Gasteiger partial charge in [0.2, 0.25) is 0 Å². The number of rotatable bonds is 3. The van der Waals surface area contributed by atoms with Gasteiger partial charge in [0, 0.05) is 18.6 Å². The van der Waals surface area contributed by atoms with Crippen LogP contribution in [0.15, 0.2) is 24.9 Å². The maximum atomic E-state index is 12.3. The third-order valence-corrected chi connectivity index (χ3v) is 2.60. The van der Waals surface area contributed by atoms with Crippen LogP contribution in [-0.4, -0.2) is 25.8 Å². The first-order valence-corrected chi connectivity index (χ1v) is 5.81. The van der Waals surface area contributed by atoms with Crippen LogP contribution in [0.4, 0.5) is 13.2 Å².